The fourth-order valence-corrected chi connectivity index (χ4v) is 122. The van der Waals surface area contributed by atoms with Crippen LogP contribution in [0.25, 0.3) is 0 Å². The van der Waals surface area contributed by atoms with Gasteiger partial charge in [-0.1, -0.05) is 0 Å². The first kappa shape index (κ1) is 17.3. The van der Waals surface area contributed by atoms with E-state index in [-0.39, 0.29) is 0 Å². The van der Waals surface area contributed by atoms with E-state index in [2.05, 4.69) is 77.4 Å². The van der Waals surface area contributed by atoms with E-state index in [4.69, 9.17) is 0 Å². The molecule has 0 aromatic heterocycles. The first-order chi connectivity index (χ1) is 9.18. The minimum atomic E-state index is -0.828. The van der Waals surface area contributed by atoms with Gasteiger partial charge in [0.15, 0.2) is 0 Å². The second kappa shape index (κ2) is 3.91. The predicted octanol–water partition coefficient (Wildman–Crippen LogP) is 5.44. The van der Waals surface area contributed by atoms with E-state index in [1.165, 1.54) is 0 Å². The summed E-state index contributed by atoms with van der Waals surface area (Å²) in [5.41, 5.74) is 1.65. The molecule has 21 heavy (non-hydrogen) atoms. The molecule has 6 atom stereocenters. The van der Waals surface area contributed by atoms with Crippen molar-refractivity contribution in [3.05, 3.63) is 0 Å². The van der Waals surface area contributed by atoms with E-state index >= 15 is 0 Å². The summed E-state index contributed by atoms with van der Waals surface area (Å²) in [4.78, 5) is 1.63. The molecule has 0 aliphatic carbocycles. The van der Waals surface area contributed by atoms with Gasteiger partial charge < -0.3 is 0 Å². The third-order valence-electron chi connectivity index (χ3n) is 5.90. The third-order valence-corrected chi connectivity index (χ3v) is 71.5. The summed E-state index contributed by atoms with van der Waals surface area (Å²) < 4.78 is 0.0281. The average molecular weight is 537 g/mol. The molecule has 0 saturated carbocycles. The van der Waals surface area contributed by atoms with Gasteiger partial charge in [0.1, 0.15) is 0 Å². The molecule has 5 saturated heterocycles. The summed E-state index contributed by atoms with van der Waals surface area (Å²) in [5, 5.41) is 0. The van der Waals surface area contributed by atoms with Crippen LogP contribution in [0.2, 0.25) is 0 Å². The van der Waals surface area contributed by atoms with Gasteiger partial charge in [-0.05, 0) is 0 Å². The summed E-state index contributed by atoms with van der Waals surface area (Å²) in [6, 6.07) is 0. The van der Waals surface area contributed by atoms with Gasteiger partial charge in [-0.15, -0.1) is 0 Å². The van der Waals surface area contributed by atoms with Crippen LogP contribution in [0.1, 0.15) is 62.3 Å². The van der Waals surface area contributed by atoms with Crippen LogP contribution in [0.4, 0.5) is 0 Å². The van der Waals surface area contributed by atoms with Crippen molar-refractivity contribution in [2.75, 3.05) is 0 Å². The first-order valence-corrected chi connectivity index (χ1v) is 22.0. The SMILES string of the molecule is CC(C)(C)[C@@]12[P@@]3[Se][P@@]4(=[Se])[C@]3(C(C)(C)C)[Se][P@@]1[C@@]24C(C)(C)C. The van der Waals surface area contributed by atoms with Gasteiger partial charge in [0.25, 0.3) is 0 Å². The van der Waals surface area contributed by atoms with Gasteiger partial charge in [0.2, 0.25) is 0 Å². The molecule has 5 aliphatic heterocycles. The van der Waals surface area contributed by atoms with E-state index in [9.17, 15) is 0 Å². The summed E-state index contributed by atoms with van der Waals surface area (Å²) in [5.74, 6) is 0. The van der Waals surface area contributed by atoms with E-state index in [1.54, 1.807) is 0 Å². The van der Waals surface area contributed by atoms with Crippen LogP contribution in [0.15, 0.2) is 0 Å². The van der Waals surface area contributed by atoms with Gasteiger partial charge in [-0.25, -0.2) is 0 Å². The van der Waals surface area contributed by atoms with E-state index in [0.717, 1.165) is 42.2 Å². The molecule has 0 nitrogen and oxygen atoms in total. The van der Waals surface area contributed by atoms with E-state index in [0.29, 0.717) is 29.5 Å². The van der Waals surface area contributed by atoms with Crippen LogP contribution in [-0.4, -0.2) is 57.3 Å². The van der Waals surface area contributed by atoms with Crippen molar-refractivity contribution in [3.8, 4) is 0 Å². The molecule has 5 rings (SSSR count). The minimum absolute atomic E-state index is 0.335. The fraction of sp³-hybridized carbons (Fsp3) is 1.00. The summed E-state index contributed by atoms with van der Waals surface area (Å²) in [6.07, 6.45) is 0. The van der Waals surface area contributed by atoms with Gasteiger partial charge in [0, 0.05) is 0 Å². The standard InChI is InChI=1S/C15H27P3Se3/c1-10(2,3)13-14(11(4,5)6)16(13)20-15(12(7,8)9)17(13)21-18(14,15)19/h1-9H3/t13-,14+,15+,16+,17+,18+/m0/s1. The zero-order valence-corrected chi connectivity index (χ0v) is 22.4. The molecule has 5 heterocycles. The maximum atomic E-state index is 4.04. The molecule has 0 spiro atoms. The van der Waals surface area contributed by atoms with Gasteiger partial charge in [0.05, 0.1) is 0 Å². The average Bonchev–Trinajstić information content (AvgIpc) is 2.43. The second-order valence-corrected chi connectivity index (χ2v) is 40.1. The molecule has 0 N–H and O–H groups in total. The first-order valence-electron chi connectivity index (χ1n) is 7.78. The molecule has 0 aromatic rings. The Bertz CT molecular complexity index is 611. The van der Waals surface area contributed by atoms with Crippen molar-refractivity contribution in [1.29, 1.82) is 0 Å². The fourth-order valence-electron chi connectivity index (χ4n) is 5.37. The Balaban J connectivity index is 2.04. The molecular weight excluding hydrogens is 510 g/mol. The van der Waals surface area contributed by atoms with Crippen LogP contribution in [-0.2, 0) is 0 Å². The molecule has 5 aliphatic rings. The topological polar surface area (TPSA) is 0 Å². The van der Waals surface area contributed by atoms with Crippen LogP contribution >= 0.6 is 17.4 Å². The number of rotatable bonds is 0. The van der Waals surface area contributed by atoms with E-state index in [1.807, 2.05) is 0 Å². The molecule has 0 amide bonds. The quantitative estimate of drug-likeness (QED) is 0.285. The maximum absolute atomic E-state index is 4.04. The Morgan fingerprint density at radius 3 is 1.57 bits per heavy atom. The van der Waals surface area contributed by atoms with Crippen molar-refractivity contribution in [1.82, 2.24) is 0 Å². The van der Waals surface area contributed by atoms with Crippen molar-refractivity contribution in [2.45, 2.75) is 75.9 Å². The molecule has 6 heteroatoms. The van der Waals surface area contributed by atoms with Crippen LogP contribution in [0.5, 0.6) is 0 Å². The molecule has 120 valence electrons. The zero-order valence-electron chi connectivity index (χ0n) is 14.6. The third kappa shape index (κ3) is 1.26. The normalized spacial score (nSPS) is 57.4. The van der Waals surface area contributed by atoms with Crippen molar-refractivity contribution in [2.24, 2.45) is 16.2 Å². The number of hydrogen-bond donors (Lipinski definition) is 0. The van der Waals surface area contributed by atoms with Gasteiger partial charge in [-0.3, -0.25) is 0 Å². The van der Waals surface area contributed by atoms with E-state index < -0.39 is 4.20 Å². The van der Waals surface area contributed by atoms with Crippen molar-refractivity contribution < 1.29 is 0 Å². The Hall–Kier alpha value is 2.85. The van der Waals surface area contributed by atoms with Crippen molar-refractivity contribution >= 4 is 61.1 Å². The second-order valence-electron chi connectivity index (χ2n) is 10.0. The Kier molecular flexibility index (Phi) is 3.21. The Morgan fingerprint density at radius 2 is 1.33 bits per heavy atom. The molecule has 0 radical (unpaired) electrons. The molecule has 0 unspecified atom stereocenters. The summed E-state index contributed by atoms with van der Waals surface area (Å²) >= 11 is 6.01. The Morgan fingerprint density at radius 1 is 0.810 bits per heavy atom. The molecule has 6 bridgehead atoms. The number of hydrogen-bond acceptors (Lipinski definition) is 0. The van der Waals surface area contributed by atoms with Crippen LogP contribution < -0.4 is 0 Å². The molecule has 5 fully saturated rings. The Labute approximate surface area is 152 Å². The molecular formula is C15H27P3Se3. The van der Waals surface area contributed by atoms with Crippen LogP contribution in [0, 0.1) is 16.2 Å². The van der Waals surface area contributed by atoms with Gasteiger partial charge in [-0.2, -0.15) is 0 Å². The van der Waals surface area contributed by atoms with Crippen LogP contribution in [0.3, 0.4) is 0 Å². The predicted molar refractivity (Wildman–Crippen MR) is 105 cm³/mol. The van der Waals surface area contributed by atoms with Crippen molar-refractivity contribution in [3.63, 3.8) is 0 Å². The molecule has 0 aromatic carbocycles. The summed E-state index contributed by atoms with van der Waals surface area (Å²) in [7, 11) is 0. The summed E-state index contributed by atoms with van der Waals surface area (Å²) in [6.45, 7) is 24.1. The zero-order chi connectivity index (χ0) is 16.1. The van der Waals surface area contributed by atoms with Gasteiger partial charge >= 0.3 is 153 Å². The monoisotopic (exact) mass is 540 g/mol.